The van der Waals surface area contributed by atoms with Gasteiger partial charge in [0, 0.05) is 19.1 Å². The molecular weight excluding hydrogens is 288 g/mol. The predicted molar refractivity (Wildman–Crippen MR) is 84.6 cm³/mol. The Morgan fingerprint density at radius 3 is 2.81 bits per heavy atom. The number of hydrogen-bond donors (Lipinski definition) is 2. The monoisotopic (exact) mass is 310 g/mol. The summed E-state index contributed by atoms with van der Waals surface area (Å²) in [5.41, 5.74) is 7.81. The van der Waals surface area contributed by atoms with Crippen LogP contribution in [0.25, 0.3) is 0 Å². The molecule has 1 aromatic rings. The molecule has 3 atom stereocenters. The molecule has 0 spiro atoms. The summed E-state index contributed by atoms with van der Waals surface area (Å²) in [7, 11) is 0. The predicted octanol–water partition coefficient (Wildman–Crippen LogP) is 1.86. The molecule has 4 nitrogen and oxygen atoms in total. The van der Waals surface area contributed by atoms with E-state index in [2.05, 4.69) is 0 Å². The molecule has 1 aromatic carbocycles. The van der Waals surface area contributed by atoms with Crippen molar-refractivity contribution in [3.05, 3.63) is 29.3 Å². The Balaban J connectivity index is 0.00000161. The van der Waals surface area contributed by atoms with E-state index in [1.165, 1.54) is 0 Å². The second-order valence-corrected chi connectivity index (χ2v) is 6.26. The van der Waals surface area contributed by atoms with Gasteiger partial charge in [0.15, 0.2) is 0 Å². The molecule has 0 aromatic heterocycles. The van der Waals surface area contributed by atoms with Crippen LogP contribution in [0.4, 0.5) is 0 Å². The SMILES string of the molecule is Cc1ccc(CC(=O)N2CC3CCC(N)C3C2)cc1O.Cl. The van der Waals surface area contributed by atoms with E-state index >= 15 is 0 Å². The average Bonchev–Trinajstić information content (AvgIpc) is 2.97. The van der Waals surface area contributed by atoms with Crippen LogP contribution in [0, 0.1) is 18.8 Å². The molecule has 1 heterocycles. The lowest BCUT2D eigenvalue weighted by Crippen LogP contribution is -2.34. The molecule has 0 radical (unpaired) electrons. The maximum Gasteiger partial charge on any atom is 0.227 e. The number of carbonyl (C=O) groups excluding carboxylic acids is 1. The van der Waals surface area contributed by atoms with Crippen LogP contribution in [0.15, 0.2) is 18.2 Å². The molecule has 3 rings (SSSR count). The third-order valence-electron chi connectivity index (χ3n) is 4.89. The van der Waals surface area contributed by atoms with Gasteiger partial charge in [-0.3, -0.25) is 4.79 Å². The molecule has 21 heavy (non-hydrogen) atoms. The molecule has 1 saturated heterocycles. The second-order valence-electron chi connectivity index (χ2n) is 6.26. The van der Waals surface area contributed by atoms with Crippen molar-refractivity contribution in [3.63, 3.8) is 0 Å². The van der Waals surface area contributed by atoms with Crippen LogP contribution < -0.4 is 5.73 Å². The van der Waals surface area contributed by atoms with Crippen molar-refractivity contribution in [2.75, 3.05) is 13.1 Å². The number of nitrogens with two attached hydrogens (primary N) is 1. The van der Waals surface area contributed by atoms with Crippen LogP contribution in [-0.2, 0) is 11.2 Å². The highest BCUT2D eigenvalue weighted by atomic mass is 35.5. The quantitative estimate of drug-likeness (QED) is 0.876. The van der Waals surface area contributed by atoms with Crippen molar-refractivity contribution >= 4 is 18.3 Å². The van der Waals surface area contributed by atoms with Crippen molar-refractivity contribution in [2.45, 2.75) is 32.2 Å². The van der Waals surface area contributed by atoms with Crippen LogP contribution >= 0.6 is 12.4 Å². The van der Waals surface area contributed by atoms with Gasteiger partial charge in [0.25, 0.3) is 0 Å². The number of carbonyl (C=O) groups is 1. The highest BCUT2D eigenvalue weighted by Gasteiger charge is 2.42. The Morgan fingerprint density at radius 2 is 2.14 bits per heavy atom. The van der Waals surface area contributed by atoms with Gasteiger partial charge in [-0.2, -0.15) is 0 Å². The van der Waals surface area contributed by atoms with Crippen LogP contribution in [0.1, 0.15) is 24.0 Å². The van der Waals surface area contributed by atoms with Crippen LogP contribution in [0.2, 0.25) is 0 Å². The van der Waals surface area contributed by atoms with Crippen LogP contribution in [0.5, 0.6) is 5.75 Å². The minimum atomic E-state index is 0. The summed E-state index contributed by atoms with van der Waals surface area (Å²) < 4.78 is 0. The molecule has 3 unspecified atom stereocenters. The molecule has 116 valence electrons. The first-order valence-corrected chi connectivity index (χ1v) is 7.36. The number of aryl methyl sites for hydroxylation is 1. The van der Waals surface area contributed by atoms with Crippen molar-refractivity contribution in [3.8, 4) is 5.75 Å². The normalized spacial score (nSPS) is 27.3. The summed E-state index contributed by atoms with van der Waals surface area (Å²) in [6, 6.07) is 5.72. The fourth-order valence-corrected chi connectivity index (χ4v) is 3.56. The van der Waals surface area contributed by atoms with E-state index in [4.69, 9.17) is 5.73 Å². The molecule has 1 saturated carbocycles. The molecule has 5 heteroatoms. The molecule has 1 amide bonds. The van der Waals surface area contributed by atoms with Gasteiger partial charge in [-0.15, -0.1) is 12.4 Å². The smallest absolute Gasteiger partial charge is 0.227 e. The lowest BCUT2D eigenvalue weighted by atomic mass is 9.98. The second kappa shape index (κ2) is 6.24. The summed E-state index contributed by atoms with van der Waals surface area (Å²) in [6.45, 7) is 3.52. The Kier molecular flexibility index (Phi) is 4.79. The summed E-state index contributed by atoms with van der Waals surface area (Å²) >= 11 is 0. The van der Waals surface area contributed by atoms with E-state index in [0.29, 0.717) is 18.3 Å². The minimum Gasteiger partial charge on any atom is -0.508 e. The summed E-state index contributed by atoms with van der Waals surface area (Å²) in [5, 5.41) is 9.70. The highest BCUT2D eigenvalue weighted by molar-refractivity contribution is 5.85. The minimum absolute atomic E-state index is 0. The highest BCUT2D eigenvalue weighted by Crippen LogP contribution is 2.37. The fourth-order valence-electron chi connectivity index (χ4n) is 3.56. The van der Waals surface area contributed by atoms with Gasteiger partial charge >= 0.3 is 0 Å². The fraction of sp³-hybridized carbons (Fsp3) is 0.562. The van der Waals surface area contributed by atoms with E-state index in [9.17, 15) is 9.90 Å². The molecular formula is C16H23ClN2O2. The number of phenolic OH excluding ortho intramolecular Hbond substituents is 1. The summed E-state index contributed by atoms with van der Waals surface area (Å²) in [4.78, 5) is 14.3. The Bertz CT molecular complexity index is 535. The van der Waals surface area contributed by atoms with E-state index in [-0.39, 0.29) is 30.1 Å². The maximum atomic E-state index is 12.4. The number of aromatic hydroxyl groups is 1. The van der Waals surface area contributed by atoms with Crippen molar-refractivity contribution in [1.29, 1.82) is 0 Å². The average molecular weight is 311 g/mol. The summed E-state index contributed by atoms with van der Waals surface area (Å²) in [6.07, 6.45) is 2.62. The number of likely N-dealkylation sites (tertiary alicyclic amines) is 1. The first-order valence-electron chi connectivity index (χ1n) is 7.36. The molecule has 0 bridgehead atoms. The third-order valence-corrected chi connectivity index (χ3v) is 4.89. The lowest BCUT2D eigenvalue weighted by molar-refractivity contribution is -0.129. The Labute approximate surface area is 131 Å². The van der Waals surface area contributed by atoms with Gasteiger partial charge in [0.2, 0.25) is 5.91 Å². The number of amides is 1. The number of nitrogens with zero attached hydrogens (tertiary/aromatic N) is 1. The van der Waals surface area contributed by atoms with Gasteiger partial charge in [0.05, 0.1) is 6.42 Å². The molecule has 1 aliphatic heterocycles. The first-order chi connectivity index (χ1) is 9.54. The standard InChI is InChI=1S/C16H22N2O2.ClH/c1-10-2-3-11(6-15(10)19)7-16(20)18-8-12-4-5-14(17)13(12)9-18;/h2-3,6,12-14,19H,4-5,7-9,17H2,1H3;1H. The van der Waals surface area contributed by atoms with E-state index in [0.717, 1.165) is 37.1 Å². The van der Waals surface area contributed by atoms with E-state index < -0.39 is 0 Å². The van der Waals surface area contributed by atoms with Crippen LogP contribution in [0.3, 0.4) is 0 Å². The molecule has 1 aliphatic carbocycles. The number of halogens is 1. The zero-order valence-electron chi connectivity index (χ0n) is 12.3. The number of benzene rings is 1. The van der Waals surface area contributed by atoms with E-state index in [1.54, 1.807) is 6.07 Å². The first kappa shape index (κ1) is 16.1. The number of phenols is 1. The molecule has 3 N–H and O–H groups in total. The number of rotatable bonds is 2. The zero-order valence-corrected chi connectivity index (χ0v) is 13.1. The van der Waals surface area contributed by atoms with Crippen molar-refractivity contribution < 1.29 is 9.90 Å². The number of fused-ring (bicyclic) bond motifs is 1. The number of hydrogen-bond acceptors (Lipinski definition) is 3. The topological polar surface area (TPSA) is 66.6 Å². The summed E-state index contributed by atoms with van der Waals surface area (Å²) in [5.74, 6) is 1.50. The van der Waals surface area contributed by atoms with Crippen LogP contribution in [-0.4, -0.2) is 35.0 Å². The van der Waals surface area contributed by atoms with Gasteiger partial charge in [-0.1, -0.05) is 12.1 Å². The largest absolute Gasteiger partial charge is 0.508 e. The van der Waals surface area contributed by atoms with Gasteiger partial charge in [-0.25, -0.2) is 0 Å². The maximum absolute atomic E-state index is 12.4. The third kappa shape index (κ3) is 3.16. The van der Waals surface area contributed by atoms with Gasteiger partial charge in [0.1, 0.15) is 5.75 Å². The molecule has 2 aliphatic rings. The van der Waals surface area contributed by atoms with Gasteiger partial charge < -0.3 is 15.7 Å². The van der Waals surface area contributed by atoms with Crippen molar-refractivity contribution in [1.82, 2.24) is 4.90 Å². The zero-order chi connectivity index (χ0) is 14.3. The van der Waals surface area contributed by atoms with E-state index in [1.807, 2.05) is 24.0 Å². The Morgan fingerprint density at radius 1 is 1.38 bits per heavy atom. The molecule has 2 fully saturated rings. The Hall–Kier alpha value is -1.26. The van der Waals surface area contributed by atoms with Crippen molar-refractivity contribution in [2.24, 2.45) is 17.6 Å². The van der Waals surface area contributed by atoms with Gasteiger partial charge in [-0.05, 0) is 48.8 Å². The lowest BCUT2D eigenvalue weighted by Gasteiger charge is -2.19.